The van der Waals surface area contributed by atoms with Crippen LogP contribution in [0.3, 0.4) is 0 Å². The minimum atomic E-state index is -0.434. The molecule has 3 rings (SSSR count). The zero-order valence-corrected chi connectivity index (χ0v) is 15.9. The number of nitrogens with one attached hydrogen (secondary N) is 3. The summed E-state index contributed by atoms with van der Waals surface area (Å²) in [6, 6.07) is 9.65. The molecule has 1 aromatic carbocycles. The van der Waals surface area contributed by atoms with Gasteiger partial charge in [-0.05, 0) is 5.56 Å². The Morgan fingerprint density at radius 3 is 2.50 bits per heavy atom. The molecule has 3 N–H and O–H groups in total. The summed E-state index contributed by atoms with van der Waals surface area (Å²) < 4.78 is 4.95. The lowest BCUT2D eigenvalue weighted by molar-refractivity contribution is -0.999. The molecule has 1 fully saturated rings. The van der Waals surface area contributed by atoms with Gasteiger partial charge in [0.2, 0.25) is 0 Å². The van der Waals surface area contributed by atoms with Crippen LogP contribution >= 0.6 is 11.3 Å². The summed E-state index contributed by atoms with van der Waals surface area (Å²) in [7, 11) is 3.54. The van der Waals surface area contributed by atoms with E-state index < -0.39 is 5.97 Å². The largest absolute Gasteiger partial charge is 0.465 e. The monoisotopic (exact) mass is 375 g/mol. The molecule has 0 bridgehead atoms. The maximum Gasteiger partial charge on any atom is 0.341 e. The first-order valence-electron chi connectivity index (χ1n) is 8.78. The normalized spacial score (nSPS) is 19.8. The lowest BCUT2D eigenvalue weighted by Crippen LogP contribution is -3.27. The number of esters is 1. The number of ether oxygens (including phenoxy) is 1. The molecule has 0 spiro atoms. The van der Waals surface area contributed by atoms with Crippen LogP contribution in [-0.2, 0) is 9.53 Å². The maximum absolute atomic E-state index is 12.5. The molecule has 0 radical (unpaired) electrons. The van der Waals surface area contributed by atoms with Crippen molar-refractivity contribution in [2.75, 3.05) is 52.2 Å². The van der Waals surface area contributed by atoms with Gasteiger partial charge in [0.1, 0.15) is 36.7 Å². The number of anilines is 1. The summed E-state index contributed by atoms with van der Waals surface area (Å²) in [4.78, 5) is 27.6. The molecule has 0 aliphatic carbocycles. The Bertz CT molecular complexity index is 768. The number of carbonyl (C=O) groups is 2. The van der Waals surface area contributed by atoms with Crippen LogP contribution in [0.1, 0.15) is 10.4 Å². The van der Waals surface area contributed by atoms with E-state index in [1.807, 2.05) is 35.7 Å². The summed E-state index contributed by atoms with van der Waals surface area (Å²) in [5.41, 5.74) is 2.14. The van der Waals surface area contributed by atoms with Crippen LogP contribution < -0.4 is 15.1 Å². The third-order valence-electron chi connectivity index (χ3n) is 4.74. The van der Waals surface area contributed by atoms with Crippen molar-refractivity contribution >= 4 is 28.2 Å². The number of hydrogen-bond acceptors (Lipinski definition) is 4. The number of amides is 1. The number of piperazine rings is 1. The van der Waals surface area contributed by atoms with E-state index in [0.29, 0.717) is 17.1 Å². The molecule has 1 aliphatic rings. The summed E-state index contributed by atoms with van der Waals surface area (Å²) in [5, 5.41) is 5.37. The highest BCUT2D eigenvalue weighted by Gasteiger charge is 2.25. The predicted molar refractivity (Wildman–Crippen MR) is 102 cm³/mol. The highest BCUT2D eigenvalue weighted by molar-refractivity contribution is 7.15. The van der Waals surface area contributed by atoms with Gasteiger partial charge in [-0.1, -0.05) is 30.3 Å². The third kappa shape index (κ3) is 4.30. The van der Waals surface area contributed by atoms with Gasteiger partial charge in [0, 0.05) is 10.9 Å². The van der Waals surface area contributed by atoms with Gasteiger partial charge in [-0.15, -0.1) is 11.3 Å². The SMILES string of the molecule is COC(=O)c1c(-c2ccccc2)csc1NC(=O)C[NH+]1CC[NH+](C)CC1. The zero-order chi connectivity index (χ0) is 18.5. The van der Waals surface area contributed by atoms with E-state index in [1.54, 1.807) is 0 Å². The third-order valence-corrected chi connectivity index (χ3v) is 5.63. The molecule has 0 atom stereocenters. The smallest absolute Gasteiger partial charge is 0.341 e. The van der Waals surface area contributed by atoms with Crippen molar-refractivity contribution in [3.63, 3.8) is 0 Å². The average Bonchev–Trinajstić information content (AvgIpc) is 3.07. The minimum absolute atomic E-state index is 0.0637. The Morgan fingerprint density at radius 1 is 1.15 bits per heavy atom. The van der Waals surface area contributed by atoms with Crippen molar-refractivity contribution in [2.45, 2.75) is 0 Å². The first kappa shape index (κ1) is 18.6. The maximum atomic E-state index is 12.5. The lowest BCUT2D eigenvalue weighted by Gasteiger charge is -2.26. The first-order valence-corrected chi connectivity index (χ1v) is 9.66. The molecule has 26 heavy (non-hydrogen) atoms. The second-order valence-electron chi connectivity index (χ2n) is 6.64. The zero-order valence-electron chi connectivity index (χ0n) is 15.1. The Morgan fingerprint density at radius 2 is 1.85 bits per heavy atom. The Balaban J connectivity index is 1.76. The van der Waals surface area contributed by atoms with Crippen LogP contribution in [0.2, 0.25) is 0 Å². The van der Waals surface area contributed by atoms with Gasteiger partial charge >= 0.3 is 5.97 Å². The first-order chi connectivity index (χ1) is 12.6. The quantitative estimate of drug-likeness (QED) is 0.621. The van der Waals surface area contributed by atoms with Crippen molar-refractivity contribution in [1.82, 2.24) is 0 Å². The number of rotatable bonds is 5. The second-order valence-corrected chi connectivity index (χ2v) is 7.52. The van der Waals surface area contributed by atoms with Crippen LogP contribution in [0.15, 0.2) is 35.7 Å². The molecule has 2 heterocycles. The molecule has 1 aromatic heterocycles. The molecule has 1 aliphatic heterocycles. The van der Waals surface area contributed by atoms with Gasteiger partial charge in [0.05, 0.1) is 14.2 Å². The summed E-state index contributed by atoms with van der Waals surface area (Å²) in [6.07, 6.45) is 0. The van der Waals surface area contributed by atoms with E-state index in [-0.39, 0.29) is 5.91 Å². The Hall–Kier alpha value is -2.22. The Labute approximate surface area is 157 Å². The lowest BCUT2D eigenvalue weighted by atomic mass is 10.0. The van der Waals surface area contributed by atoms with Crippen LogP contribution in [0.5, 0.6) is 0 Å². The molecule has 6 nitrogen and oxygen atoms in total. The highest BCUT2D eigenvalue weighted by Crippen LogP contribution is 2.35. The van der Waals surface area contributed by atoms with Crippen molar-refractivity contribution < 1.29 is 24.1 Å². The van der Waals surface area contributed by atoms with Gasteiger partial charge in [-0.25, -0.2) is 4.79 Å². The van der Waals surface area contributed by atoms with E-state index in [9.17, 15) is 9.59 Å². The number of quaternary nitrogens is 2. The summed E-state index contributed by atoms with van der Waals surface area (Å²) in [5.74, 6) is -0.498. The van der Waals surface area contributed by atoms with Crippen molar-refractivity contribution in [1.29, 1.82) is 0 Å². The van der Waals surface area contributed by atoms with Crippen molar-refractivity contribution in [3.8, 4) is 11.1 Å². The van der Waals surface area contributed by atoms with Gasteiger partial charge in [-0.2, -0.15) is 0 Å². The Kier molecular flexibility index (Phi) is 6.03. The van der Waals surface area contributed by atoms with E-state index >= 15 is 0 Å². The van der Waals surface area contributed by atoms with Crippen molar-refractivity contribution in [3.05, 3.63) is 41.3 Å². The number of likely N-dealkylation sites (N-methyl/N-ethyl adjacent to an activating group) is 1. The number of benzene rings is 1. The van der Waals surface area contributed by atoms with Gasteiger partial charge in [0.25, 0.3) is 5.91 Å². The molecule has 1 amide bonds. The predicted octanol–water partition coefficient (Wildman–Crippen LogP) is -0.447. The van der Waals surface area contributed by atoms with Gasteiger partial charge in [0.15, 0.2) is 6.54 Å². The average molecular weight is 375 g/mol. The molecule has 138 valence electrons. The summed E-state index contributed by atoms with van der Waals surface area (Å²) in [6.45, 7) is 4.55. The van der Waals surface area contributed by atoms with E-state index in [1.165, 1.54) is 28.2 Å². The standard InChI is InChI=1S/C19H23N3O3S/c1-21-8-10-22(11-9-21)12-16(23)20-18-17(19(24)25-2)15(13-26-18)14-6-4-3-5-7-14/h3-7,13H,8-12H2,1-2H3,(H,20,23)/p+2. The molecule has 7 heteroatoms. The molecule has 0 unspecified atom stereocenters. The number of hydrogen-bond donors (Lipinski definition) is 3. The van der Waals surface area contributed by atoms with Crippen LogP contribution in [0.4, 0.5) is 5.00 Å². The van der Waals surface area contributed by atoms with Crippen LogP contribution in [0.25, 0.3) is 11.1 Å². The second kappa shape index (κ2) is 8.44. The fourth-order valence-corrected chi connectivity index (χ4v) is 4.16. The summed E-state index contributed by atoms with van der Waals surface area (Å²) >= 11 is 1.36. The molecular weight excluding hydrogens is 350 g/mol. The fourth-order valence-electron chi connectivity index (χ4n) is 3.19. The molecular formula is C19H25N3O3S+2. The van der Waals surface area contributed by atoms with E-state index in [0.717, 1.165) is 37.3 Å². The minimum Gasteiger partial charge on any atom is -0.465 e. The number of methoxy groups -OCH3 is 1. The molecule has 1 saturated heterocycles. The van der Waals surface area contributed by atoms with E-state index in [2.05, 4.69) is 12.4 Å². The van der Waals surface area contributed by atoms with Crippen LogP contribution in [-0.4, -0.2) is 58.8 Å². The van der Waals surface area contributed by atoms with Crippen molar-refractivity contribution in [2.24, 2.45) is 0 Å². The highest BCUT2D eigenvalue weighted by atomic mass is 32.1. The van der Waals surface area contributed by atoms with Gasteiger partial charge < -0.3 is 19.9 Å². The number of thiophene rings is 1. The topological polar surface area (TPSA) is 64.3 Å². The fraction of sp³-hybridized carbons (Fsp3) is 0.368. The molecule has 0 saturated carbocycles. The van der Waals surface area contributed by atoms with E-state index in [4.69, 9.17) is 4.74 Å². The van der Waals surface area contributed by atoms with Crippen LogP contribution in [0, 0.1) is 0 Å². The molecule has 2 aromatic rings. The number of carbonyl (C=O) groups excluding carboxylic acids is 2. The van der Waals surface area contributed by atoms with Gasteiger partial charge in [-0.3, -0.25) is 4.79 Å².